The molecular weight excluding hydrogens is 264 g/mol. The van der Waals surface area contributed by atoms with Crippen molar-refractivity contribution in [2.75, 3.05) is 32.7 Å². The number of hydrogen-bond acceptors (Lipinski definition) is 3. The van der Waals surface area contributed by atoms with Gasteiger partial charge in [-0.3, -0.25) is 9.69 Å². The van der Waals surface area contributed by atoms with Gasteiger partial charge in [0.1, 0.15) is 0 Å². The molecule has 2 fully saturated rings. The number of carboxylic acids is 1. The van der Waals surface area contributed by atoms with E-state index in [0.717, 1.165) is 58.4 Å². The second-order valence-electron chi connectivity index (χ2n) is 7.17. The molecule has 0 aromatic rings. The molecule has 1 saturated carbocycles. The van der Waals surface area contributed by atoms with E-state index in [1.54, 1.807) is 0 Å². The molecule has 1 unspecified atom stereocenters. The van der Waals surface area contributed by atoms with E-state index in [1.807, 2.05) is 0 Å². The molecule has 0 amide bonds. The van der Waals surface area contributed by atoms with Crippen molar-refractivity contribution in [3.8, 4) is 0 Å². The maximum atomic E-state index is 11.9. The largest absolute Gasteiger partial charge is 0.481 e. The summed E-state index contributed by atoms with van der Waals surface area (Å²) in [6.07, 6.45) is 5.04. The summed E-state index contributed by atoms with van der Waals surface area (Å²) in [6.45, 7) is 11.7. The Morgan fingerprint density at radius 1 is 1.24 bits per heavy atom. The average Bonchev–Trinajstić information content (AvgIpc) is 2.91. The van der Waals surface area contributed by atoms with Gasteiger partial charge in [0.15, 0.2) is 0 Å². The number of hydrogen-bond donors (Lipinski definition) is 1. The number of likely N-dealkylation sites (N-methyl/N-ethyl adjacent to an activating group) is 1. The Morgan fingerprint density at radius 2 is 1.86 bits per heavy atom. The molecule has 1 heterocycles. The molecule has 1 aliphatic carbocycles. The molecule has 0 spiro atoms. The summed E-state index contributed by atoms with van der Waals surface area (Å²) in [5.41, 5.74) is -0.481. The first-order valence-electron chi connectivity index (χ1n) is 8.70. The molecule has 0 aromatic heterocycles. The number of carboxylic acid groups (broad SMARTS) is 1. The normalized spacial score (nSPS) is 34.5. The maximum Gasteiger partial charge on any atom is 0.310 e. The molecule has 2 aliphatic rings. The molecule has 1 aliphatic heterocycles. The number of rotatable bonds is 6. The summed E-state index contributed by atoms with van der Waals surface area (Å²) in [5.74, 6) is 0.125. The van der Waals surface area contributed by atoms with Crippen molar-refractivity contribution >= 4 is 5.97 Å². The van der Waals surface area contributed by atoms with Gasteiger partial charge in [0.2, 0.25) is 0 Å². The smallest absolute Gasteiger partial charge is 0.310 e. The molecule has 2 rings (SSSR count). The SMILES string of the molecule is CCN(CC)C1CCN(CC2(C(=O)O)CCC(C)CC2)C1. The lowest BCUT2D eigenvalue weighted by Crippen LogP contribution is -2.46. The van der Waals surface area contributed by atoms with Gasteiger partial charge in [-0.1, -0.05) is 20.8 Å². The highest BCUT2D eigenvalue weighted by molar-refractivity contribution is 5.75. The van der Waals surface area contributed by atoms with Crippen molar-refractivity contribution < 1.29 is 9.90 Å². The van der Waals surface area contributed by atoms with Crippen LogP contribution >= 0.6 is 0 Å². The third kappa shape index (κ3) is 3.78. The van der Waals surface area contributed by atoms with E-state index >= 15 is 0 Å². The van der Waals surface area contributed by atoms with Crippen LogP contribution in [0, 0.1) is 11.3 Å². The highest BCUT2D eigenvalue weighted by Gasteiger charge is 2.43. The standard InChI is InChI=1S/C17H32N2O2/c1-4-19(5-2)15-8-11-18(12-15)13-17(16(20)21)9-6-14(3)7-10-17/h14-15H,4-13H2,1-3H3,(H,20,21). The number of nitrogens with zero attached hydrogens (tertiary/aromatic N) is 2. The monoisotopic (exact) mass is 296 g/mol. The Hall–Kier alpha value is -0.610. The van der Waals surface area contributed by atoms with Crippen molar-refractivity contribution in [3.05, 3.63) is 0 Å². The quantitative estimate of drug-likeness (QED) is 0.818. The number of likely N-dealkylation sites (tertiary alicyclic amines) is 1. The summed E-state index contributed by atoms with van der Waals surface area (Å²) in [7, 11) is 0. The Labute approximate surface area is 129 Å². The van der Waals surface area contributed by atoms with E-state index in [-0.39, 0.29) is 0 Å². The maximum absolute atomic E-state index is 11.9. The second-order valence-corrected chi connectivity index (χ2v) is 7.17. The predicted molar refractivity (Wildman–Crippen MR) is 85.5 cm³/mol. The van der Waals surface area contributed by atoms with Gasteiger partial charge in [-0.25, -0.2) is 0 Å². The zero-order valence-electron chi connectivity index (χ0n) is 14.0. The molecular formula is C17H32N2O2. The number of carbonyl (C=O) groups is 1. The topological polar surface area (TPSA) is 43.8 Å². The van der Waals surface area contributed by atoms with Gasteiger partial charge in [-0.05, 0) is 57.7 Å². The Kier molecular flexibility index (Phi) is 5.67. The van der Waals surface area contributed by atoms with Crippen LogP contribution in [0.15, 0.2) is 0 Å². The van der Waals surface area contributed by atoms with E-state index < -0.39 is 11.4 Å². The molecule has 0 aromatic carbocycles. The molecule has 122 valence electrons. The highest BCUT2D eigenvalue weighted by Crippen LogP contribution is 2.40. The summed E-state index contributed by atoms with van der Waals surface area (Å²) in [6, 6.07) is 0.619. The summed E-state index contributed by atoms with van der Waals surface area (Å²) in [5, 5.41) is 9.77. The van der Waals surface area contributed by atoms with Crippen LogP contribution in [0.5, 0.6) is 0 Å². The molecule has 4 heteroatoms. The van der Waals surface area contributed by atoms with Gasteiger partial charge >= 0.3 is 5.97 Å². The van der Waals surface area contributed by atoms with Crippen LogP contribution in [-0.4, -0.2) is 59.6 Å². The van der Waals surface area contributed by atoms with Crippen LogP contribution in [-0.2, 0) is 4.79 Å². The van der Waals surface area contributed by atoms with Crippen LogP contribution in [0.2, 0.25) is 0 Å². The summed E-state index contributed by atoms with van der Waals surface area (Å²) in [4.78, 5) is 16.8. The van der Waals surface area contributed by atoms with E-state index in [2.05, 4.69) is 30.6 Å². The third-order valence-electron chi connectivity index (χ3n) is 5.79. The molecule has 0 bridgehead atoms. The fraction of sp³-hybridized carbons (Fsp3) is 0.941. The molecule has 4 nitrogen and oxygen atoms in total. The van der Waals surface area contributed by atoms with Crippen LogP contribution in [0.1, 0.15) is 52.9 Å². The van der Waals surface area contributed by atoms with Crippen molar-refractivity contribution in [1.29, 1.82) is 0 Å². The van der Waals surface area contributed by atoms with Gasteiger partial charge in [-0.2, -0.15) is 0 Å². The Balaban J connectivity index is 1.95. The van der Waals surface area contributed by atoms with Crippen molar-refractivity contribution in [1.82, 2.24) is 9.80 Å². The molecule has 1 atom stereocenters. The van der Waals surface area contributed by atoms with Gasteiger partial charge in [0.25, 0.3) is 0 Å². The van der Waals surface area contributed by atoms with Crippen molar-refractivity contribution in [2.45, 2.75) is 58.9 Å². The minimum atomic E-state index is -0.569. The molecule has 21 heavy (non-hydrogen) atoms. The zero-order valence-corrected chi connectivity index (χ0v) is 14.0. The minimum Gasteiger partial charge on any atom is -0.481 e. The summed E-state index contributed by atoms with van der Waals surface area (Å²) >= 11 is 0. The second kappa shape index (κ2) is 7.10. The third-order valence-corrected chi connectivity index (χ3v) is 5.79. The van der Waals surface area contributed by atoms with E-state index in [0.29, 0.717) is 12.0 Å². The fourth-order valence-corrected chi connectivity index (χ4v) is 4.18. The van der Waals surface area contributed by atoms with E-state index in [4.69, 9.17) is 0 Å². The first-order chi connectivity index (χ1) is 10.0. The van der Waals surface area contributed by atoms with E-state index in [9.17, 15) is 9.90 Å². The Bertz CT molecular complexity index is 347. The van der Waals surface area contributed by atoms with Crippen LogP contribution < -0.4 is 0 Å². The van der Waals surface area contributed by atoms with Crippen molar-refractivity contribution in [3.63, 3.8) is 0 Å². The first-order valence-corrected chi connectivity index (χ1v) is 8.70. The van der Waals surface area contributed by atoms with E-state index in [1.165, 1.54) is 6.42 Å². The first kappa shape index (κ1) is 16.8. The average molecular weight is 296 g/mol. The lowest BCUT2D eigenvalue weighted by molar-refractivity contribution is -0.153. The van der Waals surface area contributed by atoms with Crippen molar-refractivity contribution in [2.24, 2.45) is 11.3 Å². The number of aliphatic carboxylic acids is 1. The minimum absolute atomic E-state index is 0.481. The highest BCUT2D eigenvalue weighted by atomic mass is 16.4. The molecule has 1 N–H and O–H groups in total. The van der Waals surface area contributed by atoms with Crippen LogP contribution in [0.25, 0.3) is 0 Å². The fourth-order valence-electron chi connectivity index (χ4n) is 4.18. The summed E-state index contributed by atoms with van der Waals surface area (Å²) < 4.78 is 0. The molecule has 1 saturated heterocycles. The van der Waals surface area contributed by atoms with Gasteiger partial charge in [-0.15, -0.1) is 0 Å². The van der Waals surface area contributed by atoms with Crippen LogP contribution in [0.3, 0.4) is 0 Å². The molecule has 0 radical (unpaired) electrons. The predicted octanol–water partition coefficient (Wildman–Crippen LogP) is 2.68. The van der Waals surface area contributed by atoms with Crippen LogP contribution in [0.4, 0.5) is 0 Å². The van der Waals surface area contributed by atoms with Gasteiger partial charge in [0, 0.05) is 19.1 Å². The lowest BCUT2D eigenvalue weighted by Gasteiger charge is -2.38. The van der Waals surface area contributed by atoms with Gasteiger partial charge < -0.3 is 10.0 Å². The Morgan fingerprint density at radius 3 is 2.38 bits per heavy atom. The zero-order chi connectivity index (χ0) is 15.5. The van der Waals surface area contributed by atoms with Gasteiger partial charge in [0.05, 0.1) is 5.41 Å². The lowest BCUT2D eigenvalue weighted by atomic mass is 9.70.